The number of rotatable bonds is 8. The van der Waals surface area contributed by atoms with Crippen LogP contribution in [0, 0.1) is 10.1 Å². The number of hydrogen-bond acceptors (Lipinski definition) is 9. The number of pyridine rings is 1. The molecule has 1 N–H and O–H groups in total. The minimum Gasteiger partial charge on any atom is -0.434 e. The summed E-state index contributed by atoms with van der Waals surface area (Å²) in [6, 6.07) is 11.9. The molecule has 0 amide bonds. The maximum atomic E-state index is 12.7. The summed E-state index contributed by atoms with van der Waals surface area (Å²) < 4.78 is 29.8. The molecule has 1 saturated heterocycles. The summed E-state index contributed by atoms with van der Waals surface area (Å²) in [6.45, 7) is -0.694. The number of nitrogens with one attached hydrogen (secondary N) is 1. The molecule has 3 aromatic rings. The minimum atomic E-state index is -2.98. The molecular formula is C21H21F2N7O3. The topological polar surface area (TPSA) is 110 Å². The van der Waals surface area contributed by atoms with Crippen molar-refractivity contribution in [3.63, 3.8) is 0 Å². The van der Waals surface area contributed by atoms with Crippen LogP contribution in [-0.4, -0.2) is 52.7 Å². The van der Waals surface area contributed by atoms with Gasteiger partial charge in [0.2, 0.25) is 11.6 Å². The average molecular weight is 457 g/mol. The van der Waals surface area contributed by atoms with E-state index in [9.17, 15) is 18.9 Å². The predicted molar refractivity (Wildman–Crippen MR) is 118 cm³/mol. The number of ether oxygens (including phenoxy) is 1. The van der Waals surface area contributed by atoms with Crippen molar-refractivity contribution in [3.05, 3.63) is 70.7 Å². The number of alkyl halides is 2. The molecule has 1 aliphatic heterocycles. The van der Waals surface area contributed by atoms with E-state index < -0.39 is 11.5 Å². The largest absolute Gasteiger partial charge is 0.434 e. The van der Waals surface area contributed by atoms with Crippen LogP contribution in [-0.2, 0) is 6.54 Å². The number of anilines is 3. The molecule has 0 unspecified atom stereocenters. The second-order valence-electron chi connectivity index (χ2n) is 7.15. The van der Waals surface area contributed by atoms with E-state index in [1.807, 2.05) is 23.1 Å². The highest BCUT2D eigenvalue weighted by Gasteiger charge is 2.29. The molecule has 2 aromatic heterocycles. The monoisotopic (exact) mass is 457 g/mol. The molecule has 33 heavy (non-hydrogen) atoms. The number of aromatic nitrogens is 3. The lowest BCUT2D eigenvalue weighted by Gasteiger charge is -2.35. The highest BCUT2D eigenvalue weighted by molar-refractivity contribution is 5.70. The third-order valence-corrected chi connectivity index (χ3v) is 5.17. The SMILES string of the molecule is O=[N+]([O-])c1c(NCc2ccccc2OC(F)F)ncnc1N1CCN(c2ccccn2)CC1. The van der Waals surface area contributed by atoms with E-state index in [4.69, 9.17) is 0 Å². The molecular weight excluding hydrogens is 436 g/mol. The lowest BCUT2D eigenvalue weighted by molar-refractivity contribution is -0.383. The summed E-state index contributed by atoms with van der Waals surface area (Å²) in [6.07, 6.45) is 2.97. The van der Waals surface area contributed by atoms with E-state index in [0.717, 1.165) is 5.82 Å². The van der Waals surface area contributed by atoms with Gasteiger partial charge in [-0.05, 0) is 18.2 Å². The molecule has 0 bridgehead atoms. The number of nitro groups is 1. The Morgan fingerprint density at radius 2 is 1.76 bits per heavy atom. The molecule has 1 fully saturated rings. The van der Waals surface area contributed by atoms with Crippen LogP contribution >= 0.6 is 0 Å². The standard InChI is InChI=1S/C21H21F2N7O3/c22-21(23)33-16-6-2-1-5-15(16)13-25-19-18(30(31)32)20(27-14-26-19)29-11-9-28(10-12-29)17-7-3-4-8-24-17/h1-8,14,21H,9-13H2,(H,25,26,27). The number of piperazine rings is 1. The molecule has 0 saturated carbocycles. The first-order valence-corrected chi connectivity index (χ1v) is 10.2. The second-order valence-corrected chi connectivity index (χ2v) is 7.15. The highest BCUT2D eigenvalue weighted by Crippen LogP contribution is 2.33. The average Bonchev–Trinajstić information content (AvgIpc) is 2.83. The highest BCUT2D eigenvalue weighted by atomic mass is 19.3. The van der Waals surface area contributed by atoms with E-state index in [2.05, 4.69) is 29.9 Å². The summed E-state index contributed by atoms with van der Waals surface area (Å²) in [5.74, 6) is 1.04. The van der Waals surface area contributed by atoms with Crippen LogP contribution < -0.4 is 19.9 Å². The predicted octanol–water partition coefficient (Wildman–Crippen LogP) is 3.32. The zero-order valence-electron chi connectivity index (χ0n) is 17.5. The first-order chi connectivity index (χ1) is 16.0. The molecule has 1 aromatic carbocycles. The summed E-state index contributed by atoms with van der Waals surface area (Å²) in [4.78, 5) is 27.8. The molecule has 0 aliphatic carbocycles. The summed E-state index contributed by atoms with van der Waals surface area (Å²) in [5, 5.41) is 14.8. The minimum absolute atomic E-state index is 0.00371. The summed E-state index contributed by atoms with van der Waals surface area (Å²) in [7, 11) is 0. The van der Waals surface area contributed by atoms with Gasteiger partial charge in [0.1, 0.15) is 17.9 Å². The van der Waals surface area contributed by atoms with Crippen LogP contribution in [0.1, 0.15) is 5.56 Å². The van der Waals surface area contributed by atoms with Crippen LogP contribution in [0.2, 0.25) is 0 Å². The van der Waals surface area contributed by atoms with Crippen molar-refractivity contribution in [3.8, 4) is 5.75 Å². The van der Waals surface area contributed by atoms with Gasteiger partial charge in [-0.25, -0.2) is 15.0 Å². The van der Waals surface area contributed by atoms with Crippen molar-refractivity contribution in [1.82, 2.24) is 15.0 Å². The Labute approximate surface area is 188 Å². The van der Waals surface area contributed by atoms with Crippen molar-refractivity contribution >= 4 is 23.1 Å². The lowest BCUT2D eigenvalue weighted by Crippen LogP contribution is -2.47. The fraction of sp³-hybridized carbons (Fsp3) is 0.286. The summed E-state index contributed by atoms with van der Waals surface area (Å²) >= 11 is 0. The zero-order chi connectivity index (χ0) is 23.2. The molecule has 10 nitrogen and oxygen atoms in total. The van der Waals surface area contributed by atoms with Crippen molar-refractivity contribution < 1.29 is 18.4 Å². The number of hydrogen-bond donors (Lipinski definition) is 1. The van der Waals surface area contributed by atoms with Gasteiger partial charge in [0.15, 0.2) is 0 Å². The normalized spacial score (nSPS) is 13.8. The maximum Gasteiger partial charge on any atom is 0.387 e. The van der Waals surface area contributed by atoms with Gasteiger partial charge in [0.25, 0.3) is 0 Å². The summed E-state index contributed by atoms with van der Waals surface area (Å²) in [5.41, 5.74) is 0.146. The van der Waals surface area contributed by atoms with E-state index in [1.165, 1.54) is 12.4 Å². The molecule has 1 aliphatic rings. The quantitative estimate of drug-likeness (QED) is 0.402. The van der Waals surface area contributed by atoms with E-state index >= 15 is 0 Å². The van der Waals surface area contributed by atoms with Crippen molar-refractivity contribution in [2.24, 2.45) is 0 Å². The van der Waals surface area contributed by atoms with E-state index in [-0.39, 0.29) is 29.6 Å². The molecule has 0 radical (unpaired) electrons. The van der Waals surface area contributed by atoms with Gasteiger partial charge in [-0.2, -0.15) is 8.78 Å². The number of nitrogens with zero attached hydrogens (tertiary/aromatic N) is 6. The van der Waals surface area contributed by atoms with Gasteiger partial charge >= 0.3 is 12.3 Å². The third kappa shape index (κ3) is 5.22. The van der Waals surface area contributed by atoms with Crippen molar-refractivity contribution in [1.29, 1.82) is 0 Å². The smallest absolute Gasteiger partial charge is 0.387 e. The van der Waals surface area contributed by atoms with Crippen LogP contribution in [0.5, 0.6) is 5.75 Å². The molecule has 4 rings (SSSR count). The number of para-hydroxylation sites is 1. The van der Waals surface area contributed by atoms with E-state index in [1.54, 1.807) is 24.4 Å². The van der Waals surface area contributed by atoms with Crippen molar-refractivity contribution in [2.45, 2.75) is 13.2 Å². The molecule has 3 heterocycles. The van der Waals surface area contributed by atoms with Gasteiger partial charge in [-0.3, -0.25) is 10.1 Å². The fourth-order valence-corrected chi connectivity index (χ4v) is 3.63. The van der Waals surface area contributed by atoms with E-state index in [0.29, 0.717) is 31.7 Å². The number of halogens is 2. The zero-order valence-corrected chi connectivity index (χ0v) is 17.5. The van der Waals surface area contributed by atoms with Gasteiger partial charge in [-0.1, -0.05) is 24.3 Å². The van der Waals surface area contributed by atoms with Gasteiger partial charge in [0.05, 0.1) is 4.92 Å². The van der Waals surface area contributed by atoms with Crippen LogP contribution in [0.3, 0.4) is 0 Å². The van der Waals surface area contributed by atoms with Crippen LogP contribution in [0.15, 0.2) is 55.0 Å². The Kier molecular flexibility index (Phi) is 6.72. The van der Waals surface area contributed by atoms with Crippen molar-refractivity contribution in [2.75, 3.05) is 41.3 Å². The second kappa shape index (κ2) is 10.0. The molecule has 0 atom stereocenters. The van der Waals surface area contributed by atoms with Gasteiger partial charge in [0, 0.05) is 44.5 Å². The molecule has 0 spiro atoms. The Bertz CT molecular complexity index is 1100. The maximum absolute atomic E-state index is 12.7. The Morgan fingerprint density at radius 3 is 2.45 bits per heavy atom. The Morgan fingerprint density at radius 1 is 1.03 bits per heavy atom. The molecule has 172 valence electrons. The third-order valence-electron chi connectivity index (χ3n) is 5.17. The number of benzene rings is 1. The van der Waals surface area contributed by atoms with Gasteiger partial charge in [-0.15, -0.1) is 0 Å². The Hall–Kier alpha value is -4.09. The van der Waals surface area contributed by atoms with Crippen LogP contribution in [0.25, 0.3) is 0 Å². The fourth-order valence-electron chi connectivity index (χ4n) is 3.63. The first kappa shape index (κ1) is 22.1. The lowest BCUT2D eigenvalue weighted by atomic mass is 10.2. The first-order valence-electron chi connectivity index (χ1n) is 10.2. The van der Waals surface area contributed by atoms with Gasteiger partial charge < -0.3 is 19.9 Å². The molecule has 12 heteroatoms. The van der Waals surface area contributed by atoms with Crippen LogP contribution in [0.4, 0.5) is 31.9 Å². The Balaban J connectivity index is 1.51.